The number of fused-ring (bicyclic) bond motifs is 1. The molecule has 154 valence electrons. The Hall–Kier alpha value is -2.54. The van der Waals surface area contributed by atoms with Gasteiger partial charge in [0, 0.05) is 31.3 Å². The van der Waals surface area contributed by atoms with E-state index in [2.05, 4.69) is 5.32 Å². The molecular weight excluding hydrogens is 388 g/mol. The Morgan fingerprint density at radius 3 is 2.62 bits per heavy atom. The smallest absolute Gasteiger partial charge is 0.264 e. The summed E-state index contributed by atoms with van der Waals surface area (Å²) < 4.78 is 11.1. The number of nitrogens with one attached hydrogen (secondary N) is 1. The molecule has 0 aliphatic carbocycles. The highest BCUT2D eigenvalue weighted by atomic mass is 32.1. The maximum absolute atomic E-state index is 12.6. The average molecular weight is 415 g/mol. The summed E-state index contributed by atoms with van der Waals surface area (Å²) in [7, 11) is 0. The van der Waals surface area contributed by atoms with E-state index in [4.69, 9.17) is 9.47 Å². The topological polar surface area (TPSA) is 67.9 Å². The van der Waals surface area contributed by atoms with Crippen LogP contribution in [0.5, 0.6) is 11.5 Å². The van der Waals surface area contributed by atoms with E-state index >= 15 is 0 Å². The second-order valence-corrected chi connectivity index (χ2v) is 8.53. The fourth-order valence-corrected chi connectivity index (χ4v) is 4.73. The molecule has 1 saturated heterocycles. The number of aryl methyl sites for hydroxylation is 1. The summed E-state index contributed by atoms with van der Waals surface area (Å²) in [5.74, 6) is 2.02. The number of nitrogens with zero attached hydrogens (tertiary/aromatic N) is 1. The summed E-state index contributed by atoms with van der Waals surface area (Å²) in [4.78, 5) is 27.8. The van der Waals surface area contributed by atoms with E-state index in [1.54, 1.807) is 0 Å². The molecule has 0 saturated carbocycles. The van der Waals surface area contributed by atoms with Gasteiger partial charge in [0.15, 0.2) is 11.5 Å². The molecule has 1 aromatic carbocycles. The van der Waals surface area contributed by atoms with Crippen LogP contribution < -0.4 is 14.8 Å². The van der Waals surface area contributed by atoms with E-state index in [-0.39, 0.29) is 11.8 Å². The van der Waals surface area contributed by atoms with E-state index in [0.717, 1.165) is 48.5 Å². The molecule has 29 heavy (non-hydrogen) atoms. The summed E-state index contributed by atoms with van der Waals surface area (Å²) in [6.07, 6.45) is 3.23. The lowest BCUT2D eigenvalue weighted by molar-refractivity contribution is -0.116. The third-order valence-electron chi connectivity index (χ3n) is 5.56. The maximum Gasteiger partial charge on any atom is 0.264 e. The zero-order chi connectivity index (χ0) is 20.2. The Morgan fingerprint density at radius 2 is 1.90 bits per heavy atom. The first kappa shape index (κ1) is 19.8. The Bertz CT molecular complexity index is 887. The first-order valence-corrected chi connectivity index (χ1v) is 11.0. The third-order valence-corrected chi connectivity index (χ3v) is 6.57. The summed E-state index contributed by atoms with van der Waals surface area (Å²) in [5.41, 5.74) is 1.78. The van der Waals surface area contributed by atoms with Crippen LogP contribution >= 0.6 is 11.3 Å². The average Bonchev–Trinajstić information content (AvgIpc) is 3.18. The number of anilines is 1. The van der Waals surface area contributed by atoms with Gasteiger partial charge in [0.2, 0.25) is 5.91 Å². The van der Waals surface area contributed by atoms with Gasteiger partial charge < -0.3 is 19.7 Å². The van der Waals surface area contributed by atoms with Gasteiger partial charge in [-0.25, -0.2) is 0 Å². The number of hydrogen-bond acceptors (Lipinski definition) is 5. The minimum Gasteiger partial charge on any atom is -0.486 e. The number of ether oxygens (including phenoxy) is 2. The number of likely N-dealkylation sites (tertiary alicyclic amines) is 1. The highest BCUT2D eigenvalue weighted by molar-refractivity contribution is 7.12. The first-order valence-electron chi connectivity index (χ1n) is 10.1. The Balaban J connectivity index is 1.22. The van der Waals surface area contributed by atoms with Gasteiger partial charge in [-0.3, -0.25) is 9.59 Å². The van der Waals surface area contributed by atoms with Crippen molar-refractivity contribution < 1.29 is 19.1 Å². The van der Waals surface area contributed by atoms with Gasteiger partial charge in [-0.15, -0.1) is 11.3 Å². The molecule has 0 radical (unpaired) electrons. The minimum atomic E-state index is 0.00870. The quantitative estimate of drug-likeness (QED) is 0.800. The van der Waals surface area contributed by atoms with E-state index in [9.17, 15) is 9.59 Å². The molecule has 3 heterocycles. The predicted molar refractivity (Wildman–Crippen MR) is 113 cm³/mol. The molecule has 2 aliphatic rings. The highest BCUT2D eigenvalue weighted by Crippen LogP contribution is 2.33. The molecule has 1 fully saturated rings. The van der Waals surface area contributed by atoms with E-state index in [1.165, 1.54) is 11.3 Å². The fraction of sp³-hybridized carbons (Fsp3) is 0.455. The van der Waals surface area contributed by atoms with Crippen molar-refractivity contribution in [3.8, 4) is 11.5 Å². The molecule has 0 bridgehead atoms. The summed E-state index contributed by atoms with van der Waals surface area (Å²) in [6.45, 7) is 4.60. The predicted octanol–water partition coefficient (Wildman–Crippen LogP) is 4.10. The molecular formula is C22H26N2O4S. The fourth-order valence-electron chi connectivity index (χ4n) is 3.84. The molecule has 1 aromatic heterocycles. The minimum absolute atomic E-state index is 0.00870. The first-order chi connectivity index (χ1) is 14.1. The van der Waals surface area contributed by atoms with Crippen LogP contribution in [-0.4, -0.2) is 43.0 Å². The largest absolute Gasteiger partial charge is 0.486 e. The number of carbonyl (C=O) groups excluding carboxylic acids is 2. The molecule has 7 heteroatoms. The highest BCUT2D eigenvalue weighted by Gasteiger charge is 2.25. The Morgan fingerprint density at radius 1 is 1.14 bits per heavy atom. The number of hydrogen-bond donors (Lipinski definition) is 1. The molecule has 0 unspecified atom stereocenters. The van der Waals surface area contributed by atoms with E-state index in [0.29, 0.717) is 37.1 Å². The van der Waals surface area contributed by atoms with Crippen LogP contribution in [0.4, 0.5) is 5.69 Å². The lowest BCUT2D eigenvalue weighted by Gasteiger charge is -2.32. The Labute approximate surface area is 174 Å². The van der Waals surface area contributed by atoms with Crippen molar-refractivity contribution in [2.45, 2.75) is 32.6 Å². The van der Waals surface area contributed by atoms with Gasteiger partial charge in [0.05, 0.1) is 4.88 Å². The summed E-state index contributed by atoms with van der Waals surface area (Å²) in [5, 5.41) is 4.91. The van der Waals surface area contributed by atoms with Crippen molar-refractivity contribution >= 4 is 28.8 Å². The van der Waals surface area contributed by atoms with Crippen molar-refractivity contribution in [2.24, 2.45) is 5.92 Å². The number of piperidine rings is 1. The second kappa shape index (κ2) is 8.86. The van der Waals surface area contributed by atoms with Crippen molar-refractivity contribution in [1.82, 2.24) is 4.90 Å². The van der Waals surface area contributed by atoms with Gasteiger partial charge in [-0.1, -0.05) is 0 Å². The zero-order valence-corrected chi connectivity index (χ0v) is 17.4. The van der Waals surface area contributed by atoms with Gasteiger partial charge in [0.1, 0.15) is 13.2 Å². The lowest BCUT2D eigenvalue weighted by Crippen LogP contribution is -2.38. The van der Waals surface area contributed by atoms with E-state index < -0.39 is 0 Å². The third kappa shape index (κ3) is 4.72. The van der Waals surface area contributed by atoms with Crippen LogP contribution in [0.2, 0.25) is 0 Å². The number of carbonyl (C=O) groups is 2. The van der Waals surface area contributed by atoms with Crippen LogP contribution in [0.25, 0.3) is 0 Å². The standard InChI is InChI=1S/C22H26N2O4S/c1-15-8-13-29-21(15)22(26)24-9-6-16(7-10-24)2-5-20(25)23-17-3-4-18-19(14-17)28-12-11-27-18/h3-4,8,13-14,16H,2,5-7,9-12H2,1H3,(H,23,25). The molecule has 2 aromatic rings. The molecule has 1 N–H and O–H groups in total. The number of rotatable bonds is 5. The zero-order valence-electron chi connectivity index (χ0n) is 16.6. The van der Waals surface area contributed by atoms with Crippen molar-refractivity contribution in [1.29, 1.82) is 0 Å². The van der Waals surface area contributed by atoms with Gasteiger partial charge in [0.25, 0.3) is 5.91 Å². The summed E-state index contributed by atoms with van der Waals surface area (Å²) in [6, 6.07) is 7.46. The monoisotopic (exact) mass is 414 g/mol. The van der Waals surface area contributed by atoms with Crippen LogP contribution in [0.1, 0.15) is 40.9 Å². The normalized spacial score (nSPS) is 16.5. The SMILES string of the molecule is Cc1ccsc1C(=O)N1CCC(CCC(=O)Nc2ccc3c(c2)OCCO3)CC1. The van der Waals surface area contributed by atoms with Crippen LogP contribution in [-0.2, 0) is 4.79 Å². The van der Waals surface area contributed by atoms with Gasteiger partial charge >= 0.3 is 0 Å². The van der Waals surface area contributed by atoms with Crippen molar-refractivity contribution in [3.63, 3.8) is 0 Å². The second-order valence-electron chi connectivity index (χ2n) is 7.61. The van der Waals surface area contributed by atoms with Crippen LogP contribution in [0, 0.1) is 12.8 Å². The molecule has 4 rings (SSSR count). The van der Waals surface area contributed by atoms with Crippen molar-refractivity contribution in [2.75, 3.05) is 31.6 Å². The van der Waals surface area contributed by atoms with E-state index in [1.807, 2.05) is 41.5 Å². The Kier molecular flexibility index (Phi) is 6.04. The maximum atomic E-state index is 12.6. The molecule has 6 nitrogen and oxygen atoms in total. The van der Waals surface area contributed by atoms with Crippen LogP contribution in [0.3, 0.4) is 0 Å². The lowest BCUT2D eigenvalue weighted by atomic mass is 9.92. The molecule has 0 atom stereocenters. The van der Waals surface area contributed by atoms with Gasteiger partial charge in [-0.05, 0) is 61.2 Å². The van der Waals surface area contributed by atoms with Gasteiger partial charge in [-0.2, -0.15) is 0 Å². The number of amides is 2. The molecule has 0 spiro atoms. The van der Waals surface area contributed by atoms with Crippen LogP contribution in [0.15, 0.2) is 29.6 Å². The molecule has 2 amide bonds. The number of benzene rings is 1. The summed E-state index contributed by atoms with van der Waals surface area (Å²) >= 11 is 1.51. The van der Waals surface area contributed by atoms with Crippen molar-refractivity contribution in [3.05, 3.63) is 40.1 Å². The number of thiophene rings is 1. The molecule has 2 aliphatic heterocycles.